The van der Waals surface area contributed by atoms with Gasteiger partial charge in [0.2, 0.25) is 0 Å². The van der Waals surface area contributed by atoms with Crippen LogP contribution in [0.4, 0.5) is 0 Å². The Balaban J connectivity index is 2.80. The van der Waals surface area contributed by atoms with E-state index in [1.54, 1.807) is 6.92 Å². The molecule has 0 aliphatic carbocycles. The van der Waals surface area contributed by atoms with Gasteiger partial charge in [-0.1, -0.05) is 20.3 Å². The van der Waals surface area contributed by atoms with Crippen LogP contribution in [0.2, 0.25) is 0 Å². The highest BCUT2D eigenvalue weighted by Gasteiger charge is 2.49. The first-order valence-electron chi connectivity index (χ1n) is 6.68. The number of hydrogen-bond donors (Lipinski definition) is 0. The summed E-state index contributed by atoms with van der Waals surface area (Å²) in [5, 5.41) is 0. The zero-order valence-electron chi connectivity index (χ0n) is 12.0. The van der Waals surface area contributed by atoms with Crippen molar-refractivity contribution < 1.29 is 19.1 Å². The van der Waals surface area contributed by atoms with Crippen LogP contribution in [-0.2, 0) is 19.1 Å². The first kappa shape index (κ1) is 15.0. The average Bonchev–Trinajstić information content (AvgIpc) is 2.54. The Labute approximate surface area is 109 Å². The second-order valence-electron chi connectivity index (χ2n) is 5.88. The Kier molecular flexibility index (Phi) is 4.41. The quantitative estimate of drug-likeness (QED) is 0.710. The van der Waals surface area contributed by atoms with Crippen molar-refractivity contribution in [3.8, 4) is 0 Å². The number of rotatable bonds is 5. The van der Waals surface area contributed by atoms with Gasteiger partial charge in [0.15, 0.2) is 5.60 Å². The lowest BCUT2D eigenvalue weighted by Crippen LogP contribution is -2.43. The predicted octanol–water partition coefficient (Wildman–Crippen LogP) is 2.84. The Morgan fingerprint density at radius 3 is 2.61 bits per heavy atom. The van der Waals surface area contributed by atoms with Crippen LogP contribution < -0.4 is 0 Å². The maximum atomic E-state index is 12.1. The monoisotopic (exact) mass is 256 g/mol. The molecule has 4 heteroatoms. The summed E-state index contributed by atoms with van der Waals surface area (Å²) < 4.78 is 10.9. The van der Waals surface area contributed by atoms with Crippen molar-refractivity contribution in [2.75, 3.05) is 0 Å². The van der Waals surface area contributed by atoms with E-state index in [9.17, 15) is 9.59 Å². The Hall–Kier alpha value is -1.06. The van der Waals surface area contributed by atoms with E-state index in [4.69, 9.17) is 9.47 Å². The van der Waals surface area contributed by atoms with Gasteiger partial charge in [-0.15, -0.1) is 0 Å². The van der Waals surface area contributed by atoms with Crippen LogP contribution in [0.25, 0.3) is 0 Å². The molecule has 0 spiro atoms. The summed E-state index contributed by atoms with van der Waals surface area (Å²) in [6.07, 6.45) is 2.16. The highest BCUT2D eigenvalue weighted by Crippen LogP contribution is 2.36. The van der Waals surface area contributed by atoms with Crippen LogP contribution >= 0.6 is 0 Å². The molecule has 2 unspecified atom stereocenters. The molecule has 0 saturated carbocycles. The lowest BCUT2D eigenvalue weighted by Gasteiger charge is -2.32. The van der Waals surface area contributed by atoms with E-state index < -0.39 is 11.0 Å². The summed E-state index contributed by atoms with van der Waals surface area (Å²) in [5.74, 6) is -0.537. The summed E-state index contributed by atoms with van der Waals surface area (Å²) >= 11 is 0. The van der Waals surface area contributed by atoms with Gasteiger partial charge in [-0.2, -0.15) is 0 Å². The molecular weight excluding hydrogens is 232 g/mol. The number of cyclic esters (lactones) is 1. The number of ether oxygens (including phenoxy) is 2. The largest absolute Gasteiger partial charge is 0.458 e. The summed E-state index contributed by atoms with van der Waals surface area (Å²) in [6.45, 7) is 9.46. The molecule has 4 nitrogen and oxygen atoms in total. The number of esters is 2. The number of hydrogen-bond acceptors (Lipinski definition) is 4. The lowest BCUT2D eigenvalue weighted by molar-refractivity contribution is -0.175. The SMILES string of the molecule is CCCC1OC(=O)CC1(C)OC(=O)C(C)(C)CC. The molecular formula is C14H24O4. The minimum Gasteiger partial charge on any atom is -0.458 e. The van der Waals surface area contributed by atoms with Crippen molar-refractivity contribution in [3.05, 3.63) is 0 Å². The second kappa shape index (κ2) is 5.29. The van der Waals surface area contributed by atoms with Crippen LogP contribution in [0, 0.1) is 5.41 Å². The zero-order valence-corrected chi connectivity index (χ0v) is 12.0. The van der Waals surface area contributed by atoms with Crippen LogP contribution in [0.5, 0.6) is 0 Å². The fourth-order valence-electron chi connectivity index (χ4n) is 1.95. The minimum absolute atomic E-state index is 0.156. The van der Waals surface area contributed by atoms with E-state index in [1.165, 1.54) is 0 Å². The van der Waals surface area contributed by atoms with Gasteiger partial charge in [0.05, 0.1) is 11.8 Å². The summed E-state index contributed by atoms with van der Waals surface area (Å²) in [6, 6.07) is 0. The Morgan fingerprint density at radius 1 is 1.50 bits per heavy atom. The molecule has 0 amide bonds. The fraction of sp³-hybridized carbons (Fsp3) is 0.857. The number of carbonyl (C=O) groups is 2. The molecule has 0 bridgehead atoms. The van der Waals surface area contributed by atoms with E-state index in [0.717, 1.165) is 12.8 Å². The van der Waals surface area contributed by atoms with E-state index >= 15 is 0 Å². The average molecular weight is 256 g/mol. The highest BCUT2D eigenvalue weighted by molar-refractivity contribution is 5.79. The molecule has 0 N–H and O–H groups in total. The third-order valence-electron chi connectivity index (χ3n) is 3.76. The third kappa shape index (κ3) is 3.03. The van der Waals surface area contributed by atoms with Crippen molar-refractivity contribution in [2.24, 2.45) is 5.41 Å². The molecule has 1 heterocycles. The predicted molar refractivity (Wildman–Crippen MR) is 68.0 cm³/mol. The Bertz CT molecular complexity index is 335. The third-order valence-corrected chi connectivity index (χ3v) is 3.76. The molecule has 0 radical (unpaired) electrons. The molecule has 104 valence electrons. The lowest BCUT2D eigenvalue weighted by atomic mass is 9.89. The molecule has 1 aliphatic rings. The second-order valence-corrected chi connectivity index (χ2v) is 5.88. The standard InChI is InChI=1S/C14H24O4/c1-6-8-10-14(5,9-11(15)17-10)18-12(16)13(3,4)7-2/h10H,6-9H2,1-5H3. The first-order chi connectivity index (χ1) is 8.25. The minimum atomic E-state index is -0.809. The van der Waals surface area contributed by atoms with Crippen molar-refractivity contribution in [3.63, 3.8) is 0 Å². The van der Waals surface area contributed by atoms with Gasteiger partial charge < -0.3 is 9.47 Å². The van der Waals surface area contributed by atoms with Crippen molar-refractivity contribution in [1.82, 2.24) is 0 Å². The van der Waals surface area contributed by atoms with Crippen LogP contribution in [0.15, 0.2) is 0 Å². The van der Waals surface area contributed by atoms with Crippen LogP contribution in [0.1, 0.15) is 60.3 Å². The normalized spacial score (nSPS) is 28.1. The van der Waals surface area contributed by atoms with Crippen LogP contribution in [-0.4, -0.2) is 23.6 Å². The van der Waals surface area contributed by atoms with E-state index in [1.807, 2.05) is 27.7 Å². The van der Waals surface area contributed by atoms with Gasteiger partial charge in [-0.05, 0) is 33.6 Å². The van der Waals surface area contributed by atoms with Gasteiger partial charge in [0.1, 0.15) is 6.10 Å². The molecule has 0 aromatic rings. The van der Waals surface area contributed by atoms with Crippen molar-refractivity contribution >= 4 is 11.9 Å². The van der Waals surface area contributed by atoms with Crippen molar-refractivity contribution in [1.29, 1.82) is 0 Å². The Morgan fingerprint density at radius 2 is 2.11 bits per heavy atom. The van der Waals surface area contributed by atoms with Crippen molar-refractivity contribution in [2.45, 2.75) is 72.0 Å². The van der Waals surface area contributed by atoms with Gasteiger partial charge in [0.25, 0.3) is 0 Å². The van der Waals surface area contributed by atoms with E-state index in [2.05, 4.69) is 0 Å². The van der Waals surface area contributed by atoms with E-state index in [0.29, 0.717) is 6.42 Å². The van der Waals surface area contributed by atoms with Gasteiger partial charge in [0, 0.05) is 0 Å². The molecule has 0 aromatic heterocycles. The zero-order chi connectivity index (χ0) is 14.0. The van der Waals surface area contributed by atoms with Gasteiger partial charge in [-0.25, -0.2) is 0 Å². The molecule has 2 atom stereocenters. The topological polar surface area (TPSA) is 52.6 Å². The molecule has 18 heavy (non-hydrogen) atoms. The fourth-order valence-corrected chi connectivity index (χ4v) is 1.95. The molecule has 1 rings (SSSR count). The highest BCUT2D eigenvalue weighted by atomic mass is 16.6. The summed E-state index contributed by atoms with van der Waals surface area (Å²) in [7, 11) is 0. The first-order valence-corrected chi connectivity index (χ1v) is 6.68. The van der Waals surface area contributed by atoms with E-state index in [-0.39, 0.29) is 24.5 Å². The molecule has 1 aliphatic heterocycles. The summed E-state index contributed by atoms with van der Waals surface area (Å²) in [5.41, 5.74) is -1.33. The molecule has 1 fully saturated rings. The maximum absolute atomic E-state index is 12.1. The smallest absolute Gasteiger partial charge is 0.312 e. The maximum Gasteiger partial charge on any atom is 0.312 e. The number of carbonyl (C=O) groups excluding carboxylic acids is 2. The van der Waals surface area contributed by atoms with Gasteiger partial charge in [-0.3, -0.25) is 9.59 Å². The van der Waals surface area contributed by atoms with Crippen LogP contribution in [0.3, 0.4) is 0 Å². The van der Waals surface area contributed by atoms with Gasteiger partial charge >= 0.3 is 11.9 Å². The summed E-state index contributed by atoms with van der Waals surface area (Å²) in [4.78, 5) is 23.6. The molecule has 1 saturated heterocycles. The molecule has 0 aromatic carbocycles.